The van der Waals surface area contributed by atoms with Crippen LogP contribution in [0.15, 0.2) is 22.8 Å². The molecule has 7 nitrogen and oxygen atoms in total. The average molecular weight is 399 g/mol. The molecule has 3 amide bonds. The molecule has 1 aromatic rings. The van der Waals surface area contributed by atoms with E-state index in [1.165, 1.54) is 25.5 Å². The number of nitrogens with zero attached hydrogens (tertiary/aromatic N) is 2. The summed E-state index contributed by atoms with van der Waals surface area (Å²) in [6.07, 6.45) is 8.40. The van der Waals surface area contributed by atoms with Crippen molar-refractivity contribution in [3.63, 3.8) is 0 Å². The van der Waals surface area contributed by atoms with Gasteiger partial charge in [0.25, 0.3) is 5.91 Å². The molecule has 4 aliphatic carbocycles. The summed E-state index contributed by atoms with van der Waals surface area (Å²) in [5.41, 5.74) is -0.219. The molecule has 0 atom stereocenters. The summed E-state index contributed by atoms with van der Waals surface area (Å²) >= 11 is 0. The molecule has 2 heterocycles. The number of amides is 3. The van der Waals surface area contributed by atoms with Crippen LogP contribution >= 0.6 is 0 Å². The zero-order chi connectivity index (χ0) is 20.0. The summed E-state index contributed by atoms with van der Waals surface area (Å²) in [6.45, 7) is 1.99. The molecular weight excluding hydrogens is 370 g/mol. The third-order valence-corrected chi connectivity index (χ3v) is 7.57. The highest BCUT2D eigenvalue weighted by Gasteiger charge is 2.54. The number of hydrogen-bond acceptors (Lipinski definition) is 4. The second kappa shape index (κ2) is 7.18. The predicted octanol–water partition coefficient (Wildman–Crippen LogP) is 1.90. The molecule has 0 spiro atoms. The first-order valence-electron chi connectivity index (χ1n) is 10.9. The summed E-state index contributed by atoms with van der Waals surface area (Å²) in [7, 11) is 0. The van der Waals surface area contributed by atoms with Crippen LogP contribution in [-0.4, -0.2) is 60.2 Å². The summed E-state index contributed by atoms with van der Waals surface area (Å²) in [4.78, 5) is 41.4. The van der Waals surface area contributed by atoms with Crippen molar-refractivity contribution >= 4 is 17.7 Å². The summed E-state index contributed by atoms with van der Waals surface area (Å²) in [6, 6.07) is 3.35. The van der Waals surface area contributed by atoms with Gasteiger partial charge in [0, 0.05) is 31.6 Å². The number of carbonyl (C=O) groups excluding carboxylic acids is 3. The van der Waals surface area contributed by atoms with E-state index in [2.05, 4.69) is 5.32 Å². The molecule has 6 rings (SSSR count). The molecule has 29 heavy (non-hydrogen) atoms. The highest BCUT2D eigenvalue weighted by atomic mass is 16.3. The lowest BCUT2D eigenvalue weighted by molar-refractivity contribution is -0.148. The van der Waals surface area contributed by atoms with Crippen molar-refractivity contribution in [3.05, 3.63) is 24.2 Å². The summed E-state index contributed by atoms with van der Waals surface area (Å²) in [5, 5.41) is 2.97. The largest absolute Gasteiger partial charge is 0.459 e. The Morgan fingerprint density at radius 2 is 1.55 bits per heavy atom. The molecule has 5 fully saturated rings. The fourth-order valence-electron chi connectivity index (χ4n) is 6.56. The quantitative estimate of drug-likeness (QED) is 0.838. The van der Waals surface area contributed by atoms with Crippen LogP contribution in [0.2, 0.25) is 0 Å². The Bertz CT molecular complexity index is 760. The lowest BCUT2D eigenvalue weighted by Gasteiger charge is -2.55. The van der Waals surface area contributed by atoms with E-state index in [1.807, 2.05) is 0 Å². The van der Waals surface area contributed by atoms with Gasteiger partial charge in [-0.3, -0.25) is 14.4 Å². The molecule has 4 bridgehead atoms. The minimum absolute atomic E-state index is 0.0619. The number of furan rings is 1. The number of rotatable bonds is 4. The normalized spacial score (nSPS) is 33.0. The molecule has 156 valence electrons. The van der Waals surface area contributed by atoms with E-state index in [0.29, 0.717) is 49.7 Å². The smallest absolute Gasteiger partial charge is 0.289 e. The van der Waals surface area contributed by atoms with E-state index < -0.39 is 0 Å². The maximum atomic E-state index is 13.0. The molecule has 0 radical (unpaired) electrons. The summed E-state index contributed by atoms with van der Waals surface area (Å²) < 4.78 is 5.17. The van der Waals surface area contributed by atoms with Gasteiger partial charge in [0.2, 0.25) is 11.8 Å². The van der Waals surface area contributed by atoms with E-state index in [0.717, 1.165) is 19.3 Å². The van der Waals surface area contributed by atoms with Gasteiger partial charge in [-0.1, -0.05) is 0 Å². The van der Waals surface area contributed by atoms with Gasteiger partial charge in [0.15, 0.2) is 5.76 Å². The van der Waals surface area contributed by atoms with E-state index in [9.17, 15) is 14.4 Å². The van der Waals surface area contributed by atoms with Crippen LogP contribution in [0.3, 0.4) is 0 Å². The number of carbonyl (C=O) groups is 3. The third-order valence-electron chi connectivity index (χ3n) is 7.57. The zero-order valence-corrected chi connectivity index (χ0v) is 16.8. The molecule has 5 aliphatic rings. The Hall–Kier alpha value is -2.31. The van der Waals surface area contributed by atoms with Gasteiger partial charge in [-0.25, -0.2) is 0 Å². The minimum atomic E-state index is -0.219. The van der Waals surface area contributed by atoms with E-state index >= 15 is 0 Å². The third kappa shape index (κ3) is 3.45. The van der Waals surface area contributed by atoms with Crippen molar-refractivity contribution in [2.24, 2.45) is 23.2 Å². The van der Waals surface area contributed by atoms with Crippen LogP contribution in [0.5, 0.6) is 0 Å². The zero-order valence-electron chi connectivity index (χ0n) is 16.8. The van der Waals surface area contributed by atoms with Gasteiger partial charge in [0.1, 0.15) is 0 Å². The molecular formula is C22H29N3O4. The minimum Gasteiger partial charge on any atom is -0.459 e. The maximum Gasteiger partial charge on any atom is 0.289 e. The Labute approximate surface area is 170 Å². The molecule has 7 heteroatoms. The van der Waals surface area contributed by atoms with Crippen molar-refractivity contribution in [2.45, 2.75) is 38.5 Å². The Morgan fingerprint density at radius 3 is 2.10 bits per heavy atom. The van der Waals surface area contributed by atoms with E-state index in [-0.39, 0.29) is 29.7 Å². The van der Waals surface area contributed by atoms with Crippen molar-refractivity contribution in [3.8, 4) is 0 Å². The first kappa shape index (κ1) is 18.7. The molecule has 0 aromatic carbocycles. The first-order valence-corrected chi connectivity index (χ1v) is 10.9. The first-order chi connectivity index (χ1) is 14.0. The molecule has 4 saturated carbocycles. The Kier molecular flexibility index (Phi) is 4.63. The lowest BCUT2D eigenvalue weighted by Crippen LogP contribution is -2.56. The van der Waals surface area contributed by atoms with Crippen LogP contribution in [-0.2, 0) is 9.59 Å². The van der Waals surface area contributed by atoms with Crippen molar-refractivity contribution < 1.29 is 18.8 Å². The van der Waals surface area contributed by atoms with Crippen molar-refractivity contribution in [1.29, 1.82) is 0 Å². The predicted molar refractivity (Wildman–Crippen MR) is 105 cm³/mol. The van der Waals surface area contributed by atoms with Crippen molar-refractivity contribution in [2.75, 3.05) is 32.7 Å². The van der Waals surface area contributed by atoms with Crippen LogP contribution in [0.1, 0.15) is 49.1 Å². The highest BCUT2D eigenvalue weighted by Crippen LogP contribution is 2.60. The molecule has 1 saturated heterocycles. The number of hydrogen-bond donors (Lipinski definition) is 1. The van der Waals surface area contributed by atoms with Gasteiger partial charge in [0.05, 0.1) is 12.8 Å². The number of nitrogens with one attached hydrogen (secondary N) is 1. The Morgan fingerprint density at radius 1 is 0.966 bits per heavy atom. The fraction of sp³-hybridized carbons (Fsp3) is 0.682. The maximum absolute atomic E-state index is 13.0. The van der Waals surface area contributed by atoms with Gasteiger partial charge in [-0.2, -0.15) is 0 Å². The fourth-order valence-corrected chi connectivity index (χ4v) is 6.56. The molecule has 1 aromatic heterocycles. The van der Waals surface area contributed by atoms with Gasteiger partial charge in [-0.15, -0.1) is 0 Å². The van der Waals surface area contributed by atoms with Gasteiger partial charge >= 0.3 is 0 Å². The van der Waals surface area contributed by atoms with Crippen LogP contribution in [0.25, 0.3) is 0 Å². The van der Waals surface area contributed by atoms with Gasteiger partial charge in [-0.05, 0) is 68.4 Å². The molecule has 1 aliphatic heterocycles. The standard InChI is InChI=1S/C22H29N3O4/c26-19(24-3-5-25(6-4-24)20(27)18-2-1-7-29-18)14-23-21(28)22-11-15-8-16(12-22)10-17(9-15)13-22/h1-2,7,15-17H,3-6,8-14H2,(H,23,28). The topological polar surface area (TPSA) is 82.9 Å². The highest BCUT2D eigenvalue weighted by molar-refractivity contribution is 5.92. The van der Waals surface area contributed by atoms with E-state index in [4.69, 9.17) is 4.42 Å². The Balaban J connectivity index is 1.11. The van der Waals surface area contributed by atoms with Crippen LogP contribution < -0.4 is 5.32 Å². The number of piperazine rings is 1. The molecule has 1 N–H and O–H groups in total. The van der Waals surface area contributed by atoms with Gasteiger partial charge < -0.3 is 19.5 Å². The SMILES string of the molecule is O=C(CNC(=O)C12CC3CC(CC(C3)C1)C2)N1CCN(C(=O)c2ccco2)CC1. The monoisotopic (exact) mass is 399 g/mol. The molecule has 0 unspecified atom stereocenters. The van der Waals surface area contributed by atoms with E-state index in [1.54, 1.807) is 21.9 Å². The summed E-state index contributed by atoms with van der Waals surface area (Å²) in [5.74, 6) is 2.35. The second-order valence-corrected chi connectivity index (χ2v) is 9.53. The van der Waals surface area contributed by atoms with Crippen LogP contribution in [0.4, 0.5) is 0 Å². The van der Waals surface area contributed by atoms with Crippen LogP contribution in [0, 0.1) is 23.2 Å². The second-order valence-electron chi connectivity index (χ2n) is 9.53. The van der Waals surface area contributed by atoms with Crippen molar-refractivity contribution in [1.82, 2.24) is 15.1 Å². The average Bonchev–Trinajstić information content (AvgIpc) is 3.25. The lowest BCUT2D eigenvalue weighted by atomic mass is 9.49.